The lowest BCUT2D eigenvalue weighted by Crippen LogP contribution is -2.40. The van der Waals surface area contributed by atoms with Crippen molar-refractivity contribution in [3.05, 3.63) is 12.4 Å². The molecule has 154 valence electrons. The normalized spacial score (nSPS) is 17.7. The van der Waals surface area contributed by atoms with E-state index in [0.29, 0.717) is 6.17 Å². The summed E-state index contributed by atoms with van der Waals surface area (Å²) in [5.41, 5.74) is 0. The molecule has 1 aliphatic heterocycles. The first kappa shape index (κ1) is 23.3. The molecule has 0 fully saturated rings. The van der Waals surface area contributed by atoms with Crippen LogP contribution in [0.2, 0.25) is 0 Å². The maximum Gasteiger partial charge on any atom is 0.125 e. The van der Waals surface area contributed by atoms with Crippen molar-refractivity contribution in [3.8, 4) is 0 Å². The van der Waals surface area contributed by atoms with Crippen LogP contribution in [0.3, 0.4) is 0 Å². The number of nitrogens with zero attached hydrogens (tertiary/aromatic N) is 1. The van der Waals surface area contributed by atoms with E-state index in [0.717, 1.165) is 6.42 Å². The monoisotopic (exact) mass is 366 g/mol. The predicted molar refractivity (Wildman–Crippen MR) is 114 cm³/mol. The molecule has 0 aromatic rings. The van der Waals surface area contributed by atoms with Gasteiger partial charge in [-0.2, -0.15) is 0 Å². The molecule has 3 nitrogen and oxygen atoms in total. The molecule has 0 aromatic heterocycles. The second kappa shape index (κ2) is 16.5. The quantitative estimate of drug-likeness (QED) is 0.266. The van der Waals surface area contributed by atoms with E-state index in [1.807, 2.05) is 24.2 Å². The number of nitrogens with one attached hydrogen (secondary N) is 1. The van der Waals surface area contributed by atoms with Gasteiger partial charge in [0.25, 0.3) is 0 Å². The molecule has 0 saturated heterocycles. The fraction of sp³-hybridized carbons (Fsp3) is 0.913. The van der Waals surface area contributed by atoms with Crippen LogP contribution in [0, 0.1) is 0 Å². The maximum atomic E-state index is 9.69. The summed E-state index contributed by atoms with van der Waals surface area (Å²) in [6.45, 7) is 4.12. The van der Waals surface area contributed by atoms with E-state index >= 15 is 0 Å². The van der Waals surface area contributed by atoms with Crippen LogP contribution in [0.25, 0.3) is 0 Å². The summed E-state index contributed by atoms with van der Waals surface area (Å²) >= 11 is 0. The summed E-state index contributed by atoms with van der Waals surface area (Å²) in [5, 5.41) is 13.0. The molecule has 2 N–H and O–H groups in total. The van der Waals surface area contributed by atoms with Crippen LogP contribution in [0.4, 0.5) is 0 Å². The van der Waals surface area contributed by atoms with Crippen LogP contribution in [-0.4, -0.2) is 22.4 Å². The molecule has 0 aliphatic carbocycles. The number of hydrogen-bond donors (Lipinski definition) is 2. The number of hydrogen-bond acceptors (Lipinski definition) is 3. The molecule has 26 heavy (non-hydrogen) atoms. The largest absolute Gasteiger partial charge is 0.374 e. The Bertz CT molecular complexity index is 330. The fourth-order valence-electron chi connectivity index (χ4n) is 3.93. The Morgan fingerprint density at radius 3 is 1.62 bits per heavy atom. The number of aliphatic hydroxyl groups is 1. The molecule has 2 atom stereocenters. The van der Waals surface area contributed by atoms with Crippen molar-refractivity contribution in [1.82, 2.24) is 10.2 Å². The fourth-order valence-corrected chi connectivity index (χ4v) is 3.93. The zero-order valence-electron chi connectivity index (χ0n) is 17.7. The van der Waals surface area contributed by atoms with Gasteiger partial charge in [0.2, 0.25) is 0 Å². The van der Waals surface area contributed by atoms with Crippen LogP contribution < -0.4 is 5.32 Å². The first-order valence-corrected chi connectivity index (χ1v) is 11.6. The molecule has 1 aliphatic rings. The van der Waals surface area contributed by atoms with Crippen LogP contribution >= 0.6 is 0 Å². The Labute approximate surface area is 163 Å². The van der Waals surface area contributed by atoms with Crippen molar-refractivity contribution < 1.29 is 5.11 Å². The average Bonchev–Trinajstić information content (AvgIpc) is 3.10. The topological polar surface area (TPSA) is 35.5 Å². The Morgan fingerprint density at radius 1 is 0.769 bits per heavy atom. The van der Waals surface area contributed by atoms with Crippen molar-refractivity contribution in [1.29, 1.82) is 0 Å². The van der Waals surface area contributed by atoms with E-state index in [1.165, 1.54) is 103 Å². The van der Waals surface area contributed by atoms with Crippen LogP contribution in [0.15, 0.2) is 12.4 Å². The van der Waals surface area contributed by atoms with E-state index in [4.69, 9.17) is 0 Å². The highest BCUT2D eigenvalue weighted by molar-refractivity contribution is 4.94. The van der Waals surface area contributed by atoms with E-state index < -0.39 is 6.23 Å². The van der Waals surface area contributed by atoms with Crippen LogP contribution in [0.5, 0.6) is 0 Å². The minimum absolute atomic E-state index is 0.293. The highest BCUT2D eigenvalue weighted by atomic mass is 16.3. The molecular formula is C23H46N2O. The molecule has 1 heterocycles. The standard InChI is InChI=1S/C23H46N2O/c1-3-4-5-6-7-8-9-10-11-12-13-14-15-16-17-18-19-23-24-20-21-25(23)22(2)26/h20-24,26H,3-19H2,1-2H3. The lowest BCUT2D eigenvalue weighted by molar-refractivity contribution is 0.0254. The molecule has 0 spiro atoms. The minimum atomic E-state index is -0.396. The Hall–Kier alpha value is -0.700. The number of aliphatic hydroxyl groups excluding tert-OH is 1. The third-order valence-electron chi connectivity index (χ3n) is 5.66. The van der Waals surface area contributed by atoms with E-state index in [-0.39, 0.29) is 0 Å². The maximum absolute atomic E-state index is 9.69. The van der Waals surface area contributed by atoms with Crippen molar-refractivity contribution in [2.45, 2.75) is 135 Å². The van der Waals surface area contributed by atoms with Gasteiger partial charge in [-0.25, -0.2) is 0 Å². The number of unbranched alkanes of at least 4 members (excludes halogenated alkanes) is 15. The highest BCUT2D eigenvalue weighted by Gasteiger charge is 2.20. The summed E-state index contributed by atoms with van der Waals surface area (Å²) in [6.07, 6.45) is 27.5. The second-order valence-corrected chi connectivity index (χ2v) is 8.17. The lowest BCUT2D eigenvalue weighted by Gasteiger charge is -2.28. The summed E-state index contributed by atoms with van der Waals surface area (Å²) in [4.78, 5) is 2.01. The molecule has 0 radical (unpaired) electrons. The third kappa shape index (κ3) is 11.8. The van der Waals surface area contributed by atoms with Gasteiger partial charge in [0.05, 0.1) is 0 Å². The van der Waals surface area contributed by atoms with E-state index in [9.17, 15) is 5.11 Å². The van der Waals surface area contributed by atoms with Crippen LogP contribution in [-0.2, 0) is 0 Å². The number of rotatable bonds is 18. The molecule has 0 bridgehead atoms. The van der Waals surface area contributed by atoms with Gasteiger partial charge in [-0.3, -0.25) is 0 Å². The predicted octanol–water partition coefficient (Wildman–Crippen LogP) is 6.68. The molecule has 0 saturated carbocycles. The molecule has 2 unspecified atom stereocenters. The Balaban J connectivity index is 1.75. The van der Waals surface area contributed by atoms with E-state index in [1.54, 1.807) is 0 Å². The summed E-state index contributed by atoms with van der Waals surface area (Å²) in [6, 6.07) is 0. The average molecular weight is 367 g/mol. The van der Waals surface area contributed by atoms with Crippen molar-refractivity contribution in [2.75, 3.05) is 0 Å². The molecule has 1 rings (SSSR count). The zero-order chi connectivity index (χ0) is 18.9. The van der Waals surface area contributed by atoms with Gasteiger partial charge in [0.15, 0.2) is 0 Å². The van der Waals surface area contributed by atoms with Gasteiger partial charge in [-0.05, 0) is 19.8 Å². The Morgan fingerprint density at radius 2 is 1.19 bits per heavy atom. The summed E-state index contributed by atoms with van der Waals surface area (Å²) in [7, 11) is 0. The van der Waals surface area contributed by atoms with Gasteiger partial charge in [0, 0.05) is 12.4 Å². The summed E-state index contributed by atoms with van der Waals surface area (Å²) in [5.74, 6) is 0. The van der Waals surface area contributed by atoms with Gasteiger partial charge in [-0.1, -0.05) is 103 Å². The summed E-state index contributed by atoms with van der Waals surface area (Å²) < 4.78 is 0. The van der Waals surface area contributed by atoms with Gasteiger partial charge < -0.3 is 15.3 Å². The van der Waals surface area contributed by atoms with Crippen molar-refractivity contribution in [3.63, 3.8) is 0 Å². The highest BCUT2D eigenvalue weighted by Crippen LogP contribution is 2.17. The molecular weight excluding hydrogens is 320 g/mol. The van der Waals surface area contributed by atoms with Gasteiger partial charge in [-0.15, -0.1) is 0 Å². The van der Waals surface area contributed by atoms with Crippen molar-refractivity contribution in [2.24, 2.45) is 0 Å². The molecule has 3 heteroatoms. The van der Waals surface area contributed by atoms with Gasteiger partial charge >= 0.3 is 0 Å². The van der Waals surface area contributed by atoms with Crippen LogP contribution in [0.1, 0.15) is 123 Å². The smallest absolute Gasteiger partial charge is 0.125 e. The van der Waals surface area contributed by atoms with Crippen molar-refractivity contribution >= 4 is 0 Å². The Kier molecular flexibility index (Phi) is 14.8. The van der Waals surface area contributed by atoms with E-state index in [2.05, 4.69) is 12.2 Å². The molecule has 0 aromatic carbocycles. The third-order valence-corrected chi connectivity index (χ3v) is 5.66. The first-order chi connectivity index (χ1) is 12.8. The lowest BCUT2D eigenvalue weighted by atomic mass is 10.0. The first-order valence-electron chi connectivity index (χ1n) is 11.6. The zero-order valence-corrected chi connectivity index (χ0v) is 17.7. The minimum Gasteiger partial charge on any atom is -0.374 e. The SMILES string of the molecule is CCCCCCCCCCCCCCCCCCC1NC=CN1C(C)O. The molecule has 0 amide bonds. The second-order valence-electron chi connectivity index (χ2n) is 8.17. The van der Waals surface area contributed by atoms with Gasteiger partial charge in [0.1, 0.15) is 12.4 Å².